The zero-order valence-electron chi connectivity index (χ0n) is 13.6. The van der Waals surface area contributed by atoms with Gasteiger partial charge in [-0.1, -0.05) is 12.1 Å². The van der Waals surface area contributed by atoms with Crippen LogP contribution in [0, 0.1) is 5.82 Å². The molecule has 0 aliphatic carbocycles. The largest absolute Gasteiger partial charge is 0.350 e. The van der Waals surface area contributed by atoms with Gasteiger partial charge in [-0.3, -0.25) is 9.78 Å². The number of pyridine rings is 1. The number of hydrogen-bond donors (Lipinski definition) is 2. The molecule has 1 unspecified atom stereocenters. The second-order valence-electron chi connectivity index (χ2n) is 5.89. The fourth-order valence-corrected chi connectivity index (χ4v) is 2.66. The molecular weight excluding hydrogens is 307 g/mol. The smallest absolute Gasteiger partial charge is 0.267 e. The van der Waals surface area contributed by atoms with Crippen LogP contribution in [-0.2, 0) is 0 Å². The molecule has 0 radical (unpaired) electrons. The highest BCUT2D eigenvalue weighted by Gasteiger charge is 2.17. The number of carbonyl (C=O) groups excluding carboxylic acids is 1. The van der Waals surface area contributed by atoms with E-state index < -0.39 is 0 Å². The quantitative estimate of drug-likeness (QED) is 0.758. The van der Waals surface area contributed by atoms with E-state index in [0.717, 1.165) is 16.5 Å². The predicted molar refractivity (Wildman–Crippen MR) is 91.3 cm³/mol. The minimum absolute atomic E-state index is 0.0411. The van der Waals surface area contributed by atoms with Crippen molar-refractivity contribution in [3.05, 3.63) is 65.9 Å². The Balaban J connectivity index is 1.72. The number of nitrogens with one attached hydrogen (secondary N) is 2. The first-order valence-electron chi connectivity index (χ1n) is 7.67. The van der Waals surface area contributed by atoms with Gasteiger partial charge in [-0.25, -0.2) is 4.39 Å². The van der Waals surface area contributed by atoms with E-state index in [1.54, 1.807) is 30.6 Å². The van der Waals surface area contributed by atoms with Gasteiger partial charge in [0.05, 0.1) is 6.04 Å². The van der Waals surface area contributed by atoms with E-state index in [1.807, 2.05) is 25.1 Å². The average molecular weight is 326 g/mol. The van der Waals surface area contributed by atoms with Gasteiger partial charge in [-0.15, -0.1) is 0 Å². The number of benzene rings is 1. The van der Waals surface area contributed by atoms with Gasteiger partial charge in [-0.2, -0.15) is 0 Å². The van der Waals surface area contributed by atoms with Crippen LogP contribution in [0.5, 0.6) is 0 Å². The lowest BCUT2D eigenvalue weighted by Gasteiger charge is -2.25. The SMILES string of the molecule is CN(C)C(CNC(=O)c1cc2cnccc2[nH]1)c1ccc(F)cc1. The molecule has 0 aliphatic heterocycles. The minimum atomic E-state index is -0.271. The number of halogens is 1. The number of aromatic amines is 1. The Morgan fingerprint density at radius 3 is 2.71 bits per heavy atom. The Morgan fingerprint density at radius 1 is 1.29 bits per heavy atom. The van der Waals surface area contributed by atoms with Gasteiger partial charge in [0.15, 0.2) is 0 Å². The zero-order valence-corrected chi connectivity index (χ0v) is 13.6. The van der Waals surface area contributed by atoms with Gasteiger partial charge in [0, 0.05) is 29.8 Å². The molecule has 2 N–H and O–H groups in total. The number of H-pyrrole nitrogens is 1. The number of amides is 1. The summed E-state index contributed by atoms with van der Waals surface area (Å²) in [6, 6.07) is 9.90. The standard InChI is InChI=1S/C18H19FN4O/c1-23(2)17(12-3-5-14(19)6-4-12)11-21-18(24)16-9-13-10-20-8-7-15(13)22-16/h3-10,17,22H,11H2,1-2H3,(H,21,24). The van der Waals surface area contributed by atoms with Crippen LogP contribution in [0.3, 0.4) is 0 Å². The normalized spacial score (nSPS) is 12.5. The third-order valence-electron chi connectivity index (χ3n) is 4.00. The van der Waals surface area contributed by atoms with E-state index in [9.17, 15) is 9.18 Å². The molecule has 0 fully saturated rings. The van der Waals surface area contributed by atoms with Gasteiger partial charge in [0.1, 0.15) is 11.5 Å². The topological polar surface area (TPSA) is 61.0 Å². The van der Waals surface area contributed by atoms with Crippen LogP contribution in [0.25, 0.3) is 10.9 Å². The van der Waals surface area contributed by atoms with Crippen molar-refractivity contribution in [2.75, 3.05) is 20.6 Å². The summed E-state index contributed by atoms with van der Waals surface area (Å²) in [6.07, 6.45) is 3.39. The molecule has 6 heteroatoms. The summed E-state index contributed by atoms with van der Waals surface area (Å²) < 4.78 is 13.1. The molecule has 3 aromatic rings. The van der Waals surface area contributed by atoms with Crippen molar-refractivity contribution >= 4 is 16.8 Å². The van der Waals surface area contributed by atoms with Crippen molar-refractivity contribution in [1.29, 1.82) is 0 Å². The maximum atomic E-state index is 13.1. The van der Waals surface area contributed by atoms with Crippen molar-refractivity contribution in [3.63, 3.8) is 0 Å². The van der Waals surface area contributed by atoms with Gasteiger partial charge in [-0.05, 0) is 43.9 Å². The number of hydrogen-bond acceptors (Lipinski definition) is 3. The highest BCUT2D eigenvalue weighted by Crippen LogP contribution is 2.18. The number of aromatic nitrogens is 2. The summed E-state index contributed by atoms with van der Waals surface area (Å²) in [6.45, 7) is 0.422. The van der Waals surface area contributed by atoms with Crippen LogP contribution >= 0.6 is 0 Å². The Bertz CT molecular complexity index is 809. The van der Waals surface area contributed by atoms with E-state index in [1.165, 1.54) is 12.1 Å². The second kappa shape index (κ2) is 6.80. The summed E-state index contributed by atoms with van der Waals surface area (Å²) >= 11 is 0. The van der Waals surface area contributed by atoms with E-state index >= 15 is 0 Å². The first-order valence-corrected chi connectivity index (χ1v) is 7.67. The molecule has 2 aromatic heterocycles. The summed E-state index contributed by atoms with van der Waals surface area (Å²) in [4.78, 5) is 21.5. The first-order chi connectivity index (χ1) is 11.5. The molecular formula is C18H19FN4O. The van der Waals surface area contributed by atoms with Crippen molar-refractivity contribution < 1.29 is 9.18 Å². The molecule has 124 valence electrons. The third-order valence-corrected chi connectivity index (χ3v) is 4.00. The third kappa shape index (κ3) is 3.44. The summed E-state index contributed by atoms with van der Waals surface area (Å²) in [5.41, 5.74) is 2.31. The molecule has 1 aromatic carbocycles. The van der Waals surface area contributed by atoms with E-state index in [-0.39, 0.29) is 17.8 Å². The molecule has 0 aliphatic rings. The van der Waals surface area contributed by atoms with E-state index in [4.69, 9.17) is 0 Å². The highest BCUT2D eigenvalue weighted by molar-refractivity contribution is 5.97. The second-order valence-corrected chi connectivity index (χ2v) is 5.89. The van der Waals surface area contributed by atoms with Crippen molar-refractivity contribution in [2.24, 2.45) is 0 Å². The number of carbonyl (C=O) groups is 1. The highest BCUT2D eigenvalue weighted by atomic mass is 19.1. The molecule has 3 rings (SSSR count). The molecule has 0 bridgehead atoms. The monoisotopic (exact) mass is 326 g/mol. The molecule has 2 heterocycles. The molecule has 5 nitrogen and oxygen atoms in total. The lowest BCUT2D eigenvalue weighted by atomic mass is 10.1. The van der Waals surface area contributed by atoms with Gasteiger partial charge >= 0.3 is 0 Å². The lowest BCUT2D eigenvalue weighted by molar-refractivity contribution is 0.0937. The van der Waals surface area contributed by atoms with Crippen LogP contribution in [0.1, 0.15) is 22.1 Å². The average Bonchev–Trinajstić information content (AvgIpc) is 3.00. The fourth-order valence-electron chi connectivity index (χ4n) is 2.66. The van der Waals surface area contributed by atoms with Crippen molar-refractivity contribution in [3.8, 4) is 0 Å². The molecule has 0 saturated carbocycles. The number of rotatable bonds is 5. The van der Waals surface area contributed by atoms with Crippen LogP contribution in [0.4, 0.5) is 4.39 Å². The number of nitrogens with zero attached hydrogens (tertiary/aromatic N) is 2. The van der Waals surface area contributed by atoms with Gasteiger partial charge in [0.25, 0.3) is 5.91 Å². The first kappa shape index (κ1) is 16.1. The van der Waals surface area contributed by atoms with Gasteiger partial charge < -0.3 is 15.2 Å². The van der Waals surface area contributed by atoms with E-state index in [0.29, 0.717) is 12.2 Å². The van der Waals surface area contributed by atoms with E-state index in [2.05, 4.69) is 15.3 Å². The van der Waals surface area contributed by atoms with Crippen molar-refractivity contribution in [2.45, 2.75) is 6.04 Å². The molecule has 1 amide bonds. The van der Waals surface area contributed by atoms with Crippen LogP contribution in [0.15, 0.2) is 48.8 Å². The predicted octanol–water partition coefficient (Wildman–Crippen LogP) is 2.73. The Hall–Kier alpha value is -2.73. The van der Waals surface area contributed by atoms with Gasteiger partial charge in [0.2, 0.25) is 0 Å². The fraction of sp³-hybridized carbons (Fsp3) is 0.222. The summed E-state index contributed by atoms with van der Waals surface area (Å²) in [5, 5.41) is 3.82. The molecule has 1 atom stereocenters. The Kier molecular flexibility index (Phi) is 4.57. The Morgan fingerprint density at radius 2 is 2.04 bits per heavy atom. The lowest BCUT2D eigenvalue weighted by Crippen LogP contribution is -2.34. The van der Waals surface area contributed by atoms with Crippen LogP contribution < -0.4 is 5.32 Å². The van der Waals surface area contributed by atoms with Crippen molar-refractivity contribution in [1.82, 2.24) is 20.2 Å². The Labute approximate surface area is 139 Å². The zero-order chi connectivity index (χ0) is 17.1. The van der Waals surface area contributed by atoms with Crippen LogP contribution in [0.2, 0.25) is 0 Å². The molecule has 24 heavy (non-hydrogen) atoms. The minimum Gasteiger partial charge on any atom is -0.350 e. The maximum Gasteiger partial charge on any atom is 0.267 e. The number of fused-ring (bicyclic) bond motifs is 1. The summed E-state index contributed by atoms with van der Waals surface area (Å²) in [5.74, 6) is -0.452. The van der Waals surface area contributed by atoms with Crippen LogP contribution in [-0.4, -0.2) is 41.4 Å². The molecule has 0 spiro atoms. The number of likely N-dealkylation sites (N-methyl/N-ethyl adjacent to an activating group) is 1. The molecule has 0 saturated heterocycles. The summed E-state index contributed by atoms with van der Waals surface area (Å²) in [7, 11) is 3.85. The maximum absolute atomic E-state index is 13.1.